The number of aromatic nitrogens is 2. The van der Waals surface area contributed by atoms with E-state index in [1.54, 1.807) is 34.9 Å². The number of rotatable bonds is 4. The van der Waals surface area contributed by atoms with Gasteiger partial charge in [0.05, 0.1) is 17.4 Å². The zero-order chi connectivity index (χ0) is 18.0. The van der Waals surface area contributed by atoms with Gasteiger partial charge < -0.3 is 5.32 Å². The summed E-state index contributed by atoms with van der Waals surface area (Å²) in [5.74, 6) is 0.140. The van der Waals surface area contributed by atoms with Crippen LogP contribution in [0.25, 0.3) is 10.9 Å². The van der Waals surface area contributed by atoms with Crippen LogP contribution in [0.4, 0.5) is 10.1 Å². The van der Waals surface area contributed by atoms with E-state index in [0.29, 0.717) is 35.4 Å². The van der Waals surface area contributed by atoms with Crippen molar-refractivity contribution in [2.45, 2.75) is 26.8 Å². The number of amides is 1. The first-order valence-corrected chi connectivity index (χ1v) is 8.03. The summed E-state index contributed by atoms with van der Waals surface area (Å²) in [6.45, 7) is 3.66. The molecule has 0 spiro atoms. The van der Waals surface area contributed by atoms with Gasteiger partial charge in [0.1, 0.15) is 11.6 Å². The molecular formula is C19H18FN3O2. The fourth-order valence-electron chi connectivity index (χ4n) is 2.75. The Hall–Kier alpha value is -3.02. The molecule has 0 radical (unpaired) electrons. The van der Waals surface area contributed by atoms with E-state index in [-0.39, 0.29) is 17.3 Å². The molecule has 128 valence electrons. The average Bonchev–Trinajstić information content (AvgIpc) is 2.59. The summed E-state index contributed by atoms with van der Waals surface area (Å²) >= 11 is 0. The van der Waals surface area contributed by atoms with Crippen LogP contribution in [0.2, 0.25) is 0 Å². The first-order chi connectivity index (χ1) is 12.0. The summed E-state index contributed by atoms with van der Waals surface area (Å²) in [6, 6.07) is 11.1. The van der Waals surface area contributed by atoms with Gasteiger partial charge in [-0.3, -0.25) is 14.2 Å². The minimum absolute atomic E-state index is 0.182. The maximum Gasteiger partial charge on any atom is 0.261 e. The van der Waals surface area contributed by atoms with E-state index < -0.39 is 0 Å². The third-order valence-corrected chi connectivity index (χ3v) is 3.92. The molecule has 1 aromatic heterocycles. The van der Waals surface area contributed by atoms with Gasteiger partial charge in [-0.1, -0.05) is 19.1 Å². The van der Waals surface area contributed by atoms with Crippen molar-refractivity contribution in [3.63, 3.8) is 0 Å². The van der Waals surface area contributed by atoms with Crippen LogP contribution in [-0.2, 0) is 17.8 Å². The van der Waals surface area contributed by atoms with Gasteiger partial charge in [0.15, 0.2) is 0 Å². The normalized spacial score (nSPS) is 10.8. The SMILES string of the molecule is CCc1nc2ccc(NC(C)=O)cc2c(=O)n1Cc1ccc(F)cc1. The Bertz CT molecular complexity index is 994. The molecule has 2 aromatic carbocycles. The Kier molecular flexibility index (Phi) is 4.61. The molecule has 0 saturated carbocycles. The van der Waals surface area contributed by atoms with E-state index >= 15 is 0 Å². The van der Waals surface area contributed by atoms with E-state index in [9.17, 15) is 14.0 Å². The molecule has 3 rings (SSSR count). The Morgan fingerprint density at radius 2 is 1.92 bits per heavy atom. The molecule has 25 heavy (non-hydrogen) atoms. The second-order valence-corrected chi connectivity index (χ2v) is 5.81. The largest absolute Gasteiger partial charge is 0.326 e. The van der Waals surface area contributed by atoms with Crippen molar-refractivity contribution in [3.05, 3.63) is 70.0 Å². The highest BCUT2D eigenvalue weighted by atomic mass is 19.1. The Morgan fingerprint density at radius 1 is 1.20 bits per heavy atom. The van der Waals surface area contributed by atoms with Crippen molar-refractivity contribution in [1.82, 2.24) is 9.55 Å². The van der Waals surface area contributed by atoms with Crippen LogP contribution in [0.5, 0.6) is 0 Å². The van der Waals surface area contributed by atoms with Crippen LogP contribution in [0.1, 0.15) is 25.2 Å². The second-order valence-electron chi connectivity index (χ2n) is 5.81. The van der Waals surface area contributed by atoms with E-state index in [4.69, 9.17) is 0 Å². The zero-order valence-corrected chi connectivity index (χ0v) is 14.0. The summed E-state index contributed by atoms with van der Waals surface area (Å²) in [5.41, 5.74) is 1.78. The smallest absolute Gasteiger partial charge is 0.261 e. The van der Waals surface area contributed by atoms with Gasteiger partial charge in [-0.15, -0.1) is 0 Å². The fraction of sp³-hybridized carbons (Fsp3) is 0.211. The van der Waals surface area contributed by atoms with Crippen LogP contribution in [-0.4, -0.2) is 15.5 Å². The van der Waals surface area contributed by atoms with Crippen molar-refractivity contribution in [1.29, 1.82) is 0 Å². The molecule has 0 aliphatic carbocycles. The van der Waals surface area contributed by atoms with Crippen molar-refractivity contribution in [2.24, 2.45) is 0 Å². The average molecular weight is 339 g/mol. The van der Waals surface area contributed by atoms with E-state index in [0.717, 1.165) is 5.56 Å². The maximum absolute atomic E-state index is 13.1. The third kappa shape index (κ3) is 3.57. The predicted octanol–water partition coefficient (Wildman–Crippen LogP) is 3.10. The molecule has 1 amide bonds. The summed E-state index contributed by atoms with van der Waals surface area (Å²) in [7, 11) is 0. The molecular weight excluding hydrogens is 321 g/mol. The molecule has 0 unspecified atom stereocenters. The maximum atomic E-state index is 13.1. The van der Waals surface area contributed by atoms with Gasteiger partial charge in [0, 0.05) is 19.0 Å². The summed E-state index contributed by atoms with van der Waals surface area (Å²) in [4.78, 5) is 28.7. The minimum Gasteiger partial charge on any atom is -0.326 e. The molecule has 6 heteroatoms. The molecule has 1 N–H and O–H groups in total. The van der Waals surface area contributed by atoms with Crippen molar-refractivity contribution in [2.75, 3.05) is 5.32 Å². The Morgan fingerprint density at radius 3 is 2.56 bits per heavy atom. The molecule has 5 nitrogen and oxygen atoms in total. The number of nitrogens with zero attached hydrogens (tertiary/aromatic N) is 2. The predicted molar refractivity (Wildman–Crippen MR) is 95.2 cm³/mol. The number of halogens is 1. The highest BCUT2D eigenvalue weighted by Crippen LogP contribution is 2.16. The molecule has 0 bridgehead atoms. The number of benzene rings is 2. The summed E-state index contributed by atoms with van der Waals surface area (Å²) in [6.07, 6.45) is 0.597. The molecule has 0 aliphatic rings. The van der Waals surface area contributed by atoms with Crippen LogP contribution >= 0.6 is 0 Å². The van der Waals surface area contributed by atoms with Gasteiger partial charge in [-0.05, 0) is 35.9 Å². The van der Waals surface area contributed by atoms with Crippen molar-refractivity contribution >= 4 is 22.5 Å². The topological polar surface area (TPSA) is 64.0 Å². The zero-order valence-electron chi connectivity index (χ0n) is 14.0. The molecule has 0 atom stereocenters. The minimum atomic E-state index is -0.316. The van der Waals surface area contributed by atoms with Gasteiger partial charge in [0.2, 0.25) is 5.91 Å². The van der Waals surface area contributed by atoms with Crippen LogP contribution in [0.3, 0.4) is 0 Å². The molecule has 0 aliphatic heterocycles. The van der Waals surface area contributed by atoms with E-state index in [2.05, 4.69) is 10.3 Å². The lowest BCUT2D eigenvalue weighted by Crippen LogP contribution is -2.26. The number of hydrogen-bond donors (Lipinski definition) is 1. The Balaban J connectivity index is 2.12. The molecule has 0 saturated heterocycles. The molecule has 0 fully saturated rings. The monoisotopic (exact) mass is 339 g/mol. The number of nitrogens with one attached hydrogen (secondary N) is 1. The molecule has 1 heterocycles. The molecule has 3 aromatic rings. The standard InChI is InChI=1S/C19H18FN3O2/c1-3-18-22-17-9-8-15(21-12(2)24)10-16(17)19(25)23(18)11-13-4-6-14(20)7-5-13/h4-10H,3,11H2,1-2H3,(H,21,24). The lowest BCUT2D eigenvalue weighted by Gasteiger charge is -2.13. The quantitative estimate of drug-likeness (QED) is 0.794. The highest BCUT2D eigenvalue weighted by Gasteiger charge is 2.11. The number of aryl methyl sites for hydroxylation is 1. The lowest BCUT2D eigenvalue weighted by molar-refractivity contribution is -0.114. The van der Waals surface area contributed by atoms with Gasteiger partial charge in [0.25, 0.3) is 5.56 Å². The number of anilines is 1. The van der Waals surface area contributed by atoms with E-state index in [1.165, 1.54) is 19.1 Å². The third-order valence-electron chi connectivity index (χ3n) is 3.92. The second kappa shape index (κ2) is 6.84. The number of carbonyl (C=O) groups is 1. The van der Waals surface area contributed by atoms with Crippen LogP contribution < -0.4 is 10.9 Å². The van der Waals surface area contributed by atoms with Crippen molar-refractivity contribution in [3.8, 4) is 0 Å². The van der Waals surface area contributed by atoms with E-state index in [1.807, 2.05) is 6.92 Å². The highest BCUT2D eigenvalue weighted by molar-refractivity contribution is 5.92. The number of carbonyl (C=O) groups excluding carboxylic acids is 1. The van der Waals surface area contributed by atoms with Crippen LogP contribution in [0, 0.1) is 5.82 Å². The fourth-order valence-corrected chi connectivity index (χ4v) is 2.75. The van der Waals surface area contributed by atoms with Gasteiger partial charge in [-0.2, -0.15) is 0 Å². The van der Waals surface area contributed by atoms with Crippen molar-refractivity contribution < 1.29 is 9.18 Å². The summed E-state index contributed by atoms with van der Waals surface area (Å²) in [5, 5.41) is 3.11. The first-order valence-electron chi connectivity index (χ1n) is 8.03. The number of hydrogen-bond acceptors (Lipinski definition) is 3. The van der Waals surface area contributed by atoms with Crippen LogP contribution in [0.15, 0.2) is 47.3 Å². The van der Waals surface area contributed by atoms with Gasteiger partial charge in [-0.25, -0.2) is 9.37 Å². The van der Waals surface area contributed by atoms with Gasteiger partial charge >= 0.3 is 0 Å². The number of fused-ring (bicyclic) bond motifs is 1. The summed E-state index contributed by atoms with van der Waals surface area (Å²) < 4.78 is 14.7. The first kappa shape index (κ1) is 16.8. The Labute approximate surface area is 144 Å². The lowest BCUT2D eigenvalue weighted by atomic mass is 10.2.